The van der Waals surface area contributed by atoms with Crippen molar-refractivity contribution < 1.29 is 14.0 Å². The van der Waals surface area contributed by atoms with Crippen LogP contribution < -0.4 is 10.6 Å². The first-order valence-corrected chi connectivity index (χ1v) is 9.06. The third-order valence-electron chi connectivity index (χ3n) is 3.83. The summed E-state index contributed by atoms with van der Waals surface area (Å²) in [7, 11) is 0. The van der Waals surface area contributed by atoms with Gasteiger partial charge >= 0.3 is 0 Å². The number of carbonyl (C=O) groups is 2. The predicted octanol–water partition coefficient (Wildman–Crippen LogP) is 3.80. The van der Waals surface area contributed by atoms with Crippen LogP contribution in [0.4, 0.5) is 5.69 Å². The second-order valence-corrected chi connectivity index (χ2v) is 7.06. The molecule has 1 aromatic carbocycles. The molecule has 6 nitrogen and oxygen atoms in total. The summed E-state index contributed by atoms with van der Waals surface area (Å²) in [5.41, 5.74) is 1.43. The van der Waals surface area contributed by atoms with Crippen LogP contribution in [0.25, 0.3) is 11.3 Å². The largest absolute Gasteiger partial charge is 0.444 e. The third kappa shape index (κ3) is 4.18. The van der Waals surface area contributed by atoms with E-state index in [2.05, 4.69) is 15.6 Å². The molecule has 3 rings (SSSR count). The molecule has 1 atom stereocenters. The van der Waals surface area contributed by atoms with Gasteiger partial charge in [-0.05, 0) is 29.5 Å². The van der Waals surface area contributed by atoms with Crippen LogP contribution in [0.2, 0.25) is 0 Å². The van der Waals surface area contributed by atoms with Gasteiger partial charge in [-0.1, -0.05) is 32.0 Å². The van der Waals surface area contributed by atoms with Gasteiger partial charge in [0.1, 0.15) is 6.04 Å². The van der Waals surface area contributed by atoms with Crippen LogP contribution in [-0.2, 0) is 4.79 Å². The number of aromatic nitrogens is 1. The standard InChI is InChI=1S/C19H19N3O3S/c1-12(2)17(22-18(23)16-7-4-8-26-16)19(24)21-14-6-3-5-13(9-14)15-10-20-11-25-15/h3-12,17H,1-2H3,(H,21,24)(H,22,23)/t17-/m0/s1. The monoisotopic (exact) mass is 369 g/mol. The molecule has 0 saturated carbocycles. The fraction of sp³-hybridized carbons (Fsp3) is 0.211. The minimum atomic E-state index is -0.640. The Morgan fingerprint density at radius 3 is 2.69 bits per heavy atom. The van der Waals surface area contributed by atoms with E-state index in [1.165, 1.54) is 17.7 Å². The zero-order valence-corrected chi connectivity index (χ0v) is 15.2. The molecule has 0 spiro atoms. The van der Waals surface area contributed by atoms with Crippen molar-refractivity contribution >= 4 is 28.8 Å². The first-order chi connectivity index (χ1) is 12.5. The number of nitrogens with one attached hydrogen (secondary N) is 2. The number of rotatable bonds is 6. The number of benzene rings is 1. The minimum Gasteiger partial charge on any atom is -0.444 e. The molecule has 3 aromatic rings. The van der Waals surface area contributed by atoms with Crippen molar-refractivity contribution in [3.05, 3.63) is 59.2 Å². The van der Waals surface area contributed by atoms with Gasteiger partial charge in [0, 0.05) is 11.3 Å². The summed E-state index contributed by atoms with van der Waals surface area (Å²) in [4.78, 5) is 29.5. The molecule has 0 saturated heterocycles. The van der Waals surface area contributed by atoms with Crippen molar-refractivity contribution in [3.8, 4) is 11.3 Å². The molecule has 0 unspecified atom stereocenters. The van der Waals surface area contributed by atoms with Crippen molar-refractivity contribution in [2.75, 3.05) is 5.32 Å². The van der Waals surface area contributed by atoms with Gasteiger partial charge in [0.2, 0.25) is 5.91 Å². The molecule has 2 heterocycles. The lowest BCUT2D eigenvalue weighted by molar-refractivity contribution is -0.118. The Hall–Kier alpha value is -2.93. The lowest BCUT2D eigenvalue weighted by Gasteiger charge is -2.21. The highest BCUT2D eigenvalue weighted by Crippen LogP contribution is 2.22. The molecule has 2 N–H and O–H groups in total. The van der Waals surface area contributed by atoms with E-state index >= 15 is 0 Å². The fourth-order valence-electron chi connectivity index (χ4n) is 2.48. The van der Waals surface area contributed by atoms with Gasteiger partial charge in [-0.15, -0.1) is 11.3 Å². The van der Waals surface area contributed by atoms with Gasteiger partial charge in [0.05, 0.1) is 11.1 Å². The number of amides is 2. The lowest BCUT2D eigenvalue weighted by atomic mass is 10.0. The van der Waals surface area contributed by atoms with Crippen LogP contribution >= 0.6 is 11.3 Å². The summed E-state index contributed by atoms with van der Waals surface area (Å²) in [5, 5.41) is 7.50. The van der Waals surface area contributed by atoms with Gasteiger partial charge in [-0.3, -0.25) is 9.59 Å². The Morgan fingerprint density at radius 2 is 2.04 bits per heavy atom. The van der Waals surface area contributed by atoms with Crippen LogP contribution in [0.15, 0.2) is 58.8 Å². The van der Waals surface area contributed by atoms with E-state index in [0.717, 1.165) is 5.56 Å². The summed E-state index contributed by atoms with van der Waals surface area (Å²) < 4.78 is 5.28. The molecule has 0 bridgehead atoms. The van der Waals surface area contributed by atoms with Gasteiger partial charge < -0.3 is 15.1 Å². The number of hydrogen-bond acceptors (Lipinski definition) is 5. The molecule has 7 heteroatoms. The van der Waals surface area contributed by atoms with Crippen molar-refractivity contribution in [2.45, 2.75) is 19.9 Å². The van der Waals surface area contributed by atoms with Crippen LogP contribution in [0, 0.1) is 5.92 Å². The van der Waals surface area contributed by atoms with Crippen molar-refractivity contribution in [2.24, 2.45) is 5.92 Å². The summed E-state index contributed by atoms with van der Waals surface area (Å²) in [6.07, 6.45) is 2.97. The molecule has 134 valence electrons. The number of hydrogen-bond donors (Lipinski definition) is 2. The highest BCUT2D eigenvalue weighted by molar-refractivity contribution is 7.12. The van der Waals surface area contributed by atoms with Crippen molar-refractivity contribution in [1.29, 1.82) is 0 Å². The molecule has 0 aliphatic rings. The van der Waals surface area contributed by atoms with E-state index < -0.39 is 6.04 Å². The molecule has 0 fully saturated rings. The number of oxazole rings is 1. The first-order valence-electron chi connectivity index (χ1n) is 8.19. The van der Waals surface area contributed by atoms with Gasteiger partial charge in [-0.2, -0.15) is 0 Å². The second kappa shape index (κ2) is 7.97. The van der Waals surface area contributed by atoms with E-state index in [0.29, 0.717) is 16.3 Å². The zero-order valence-electron chi connectivity index (χ0n) is 14.4. The van der Waals surface area contributed by atoms with Crippen LogP contribution in [-0.4, -0.2) is 22.8 Å². The summed E-state index contributed by atoms with van der Waals surface area (Å²) in [6.45, 7) is 3.79. The van der Waals surface area contributed by atoms with Crippen molar-refractivity contribution in [3.63, 3.8) is 0 Å². The first kappa shape index (κ1) is 17.9. The Labute approximate surface area is 155 Å². The van der Waals surface area contributed by atoms with Gasteiger partial charge in [0.25, 0.3) is 5.91 Å². The van der Waals surface area contributed by atoms with Gasteiger partial charge in [0.15, 0.2) is 12.2 Å². The van der Waals surface area contributed by atoms with Crippen LogP contribution in [0.3, 0.4) is 0 Å². The highest BCUT2D eigenvalue weighted by Gasteiger charge is 2.25. The lowest BCUT2D eigenvalue weighted by Crippen LogP contribution is -2.46. The molecule has 0 radical (unpaired) electrons. The van der Waals surface area contributed by atoms with Gasteiger partial charge in [-0.25, -0.2) is 4.98 Å². The smallest absolute Gasteiger partial charge is 0.262 e. The van der Waals surface area contributed by atoms with E-state index in [1.807, 2.05) is 31.4 Å². The SMILES string of the molecule is CC(C)[C@H](NC(=O)c1cccs1)C(=O)Nc1cccc(-c2cnco2)c1. The maximum Gasteiger partial charge on any atom is 0.262 e. The average molecular weight is 369 g/mol. The quantitative estimate of drug-likeness (QED) is 0.692. The molecule has 0 aliphatic heterocycles. The Kier molecular flexibility index (Phi) is 5.48. The van der Waals surface area contributed by atoms with E-state index in [9.17, 15) is 9.59 Å². The van der Waals surface area contributed by atoms with E-state index in [4.69, 9.17) is 4.42 Å². The molecular weight excluding hydrogens is 350 g/mol. The second-order valence-electron chi connectivity index (χ2n) is 6.11. The number of nitrogens with zero attached hydrogens (tertiary/aromatic N) is 1. The average Bonchev–Trinajstić information content (AvgIpc) is 3.32. The van der Waals surface area contributed by atoms with Crippen molar-refractivity contribution in [1.82, 2.24) is 10.3 Å². The fourth-order valence-corrected chi connectivity index (χ4v) is 3.11. The Morgan fingerprint density at radius 1 is 1.19 bits per heavy atom. The molecule has 2 aromatic heterocycles. The van der Waals surface area contributed by atoms with E-state index in [1.54, 1.807) is 30.5 Å². The Bertz CT molecular complexity index is 873. The maximum atomic E-state index is 12.7. The Balaban J connectivity index is 1.72. The third-order valence-corrected chi connectivity index (χ3v) is 4.70. The summed E-state index contributed by atoms with van der Waals surface area (Å²) >= 11 is 1.34. The topological polar surface area (TPSA) is 84.2 Å². The van der Waals surface area contributed by atoms with Crippen LogP contribution in [0.5, 0.6) is 0 Å². The van der Waals surface area contributed by atoms with E-state index in [-0.39, 0.29) is 17.7 Å². The molecular formula is C19H19N3O3S. The number of thiophene rings is 1. The number of carbonyl (C=O) groups excluding carboxylic acids is 2. The highest BCUT2D eigenvalue weighted by atomic mass is 32.1. The molecule has 2 amide bonds. The summed E-state index contributed by atoms with van der Waals surface area (Å²) in [6, 6.07) is 10.2. The number of anilines is 1. The maximum absolute atomic E-state index is 12.7. The van der Waals surface area contributed by atoms with Crippen LogP contribution in [0.1, 0.15) is 23.5 Å². The predicted molar refractivity (Wildman–Crippen MR) is 101 cm³/mol. The minimum absolute atomic E-state index is 0.0589. The summed E-state index contributed by atoms with van der Waals surface area (Å²) in [5.74, 6) is 0.0489. The molecule has 0 aliphatic carbocycles. The normalized spacial score (nSPS) is 12.0. The zero-order chi connectivity index (χ0) is 18.5. The molecule has 26 heavy (non-hydrogen) atoms.